The summed E-state index contributed by atoms with van der Waals surface area (Å²) in [5.74, 6) is 0.577. The highest BCUT2D eigenvalue weighted by Gasteiger charge is 2.13. The van der Waals surface area contributed by atoms with Gasteiger partial charge in [0.25, 0.3) is 0 Å². The van der Waals surface area contributed by atoms with Crippen molar-refractivity contribution >= 4 is 27.6 Å². The molecule has 7 nitrogen and oxygen atoms in total. The topological polar surface area (TPSA) is 78.7 Å². The van der Waals surface area contributed by atoms with Gasteiger partial charge in [0, 0.05) is 46.1 Å². The van der Waals surface area contributed by atoms with Gasteiger partial charge in [-0.1, -0.05) is 41.9 Å². The van der Waals surface area contributed by atoms with Crippen LogP contribution in [0.25, 0.3) is 0 Å². The lowest BCUT2D eigenvalue weighted by Gasteiger charge is -2.22. The van der Waals surface area contributed by atoms with Gasteiger partial charge in [0.05, 0.1) is 17.3 Å². The number of halogens is 1. The Morgan fingerprint density at radius 3 is 2.59 bits per heavy atom. The molecule has 1 heterocycles. The van der Waals surface area contributed by atoms with E-state index in [0.29, 0.717) is 17.5 Å². The number of nitrogens with zero attached hydrogens (tertiary/aromatic N) is 3. The summed E-state index contributed by atoms with van der Waals surface area (Å²) in [5, 5.41) is 3.76. The van der Waals surface area contributed by atoms with Gasteiger partial charge in [-0.2, -0.15) is 0 Å². The maximum atomic E-state index is 12.2. The number of rotatable bonds is 8. The van der Waals surface area contributed by atoms with Crippen molar-refractivity contribution in [2.24, 2.45) is 12.0 Å². The summed E-state index contributed by atoms with van der Waals surface area (Å²) >= 11 is 6.01. The summed E-state index contributed by atoms with van der Waals surface area (Å²) in [6.45, 7) is 1.14. The largest absolute Gasteiger partial charge is 0.355 e. The molecule has 0 saturated heterocycles. The first kappa shape index (κ1) is 21.3. The zero-order valence-corrected chi connectivity index (χ0v) is 17.4. The SMILES string of the molecule is CN=C(NCCS(=O)(=O)NCc1ccccc1)N(C)Cc1cc(Cl)cn1C. The summed E-state index contributed by atoms with van der Waals surface area (Å²) in [5.41, 5.74) is 1.95. The number of hydrogen-bond acceptors (Lipinski definition) is 3. The van der Waals surface area contributed by atoms with Crippen LogP contribution in [0.4, 0.5) is 0 Å². The van der Waals surface area contributed by atoms with E-state index in [2.05, 4.69) is 15.0 Å². The first-order valence-corrected chi connectivity index (χ1v) is 10.6. The van der Waals surface area contributed by atoms with Gasteiger partial charge >= 0.3 is 0 Å². The smallest absolute Gasteiger partial charge is 0.213 e. The Balaban J connectivity index is 1.81. The van der Waals surface area contributed by atoms with E-state index in [1.807, 2.05) is 66.2 Å². The van der Waals surface area contributed by atoms with Crippen molar-refractivity contribution in [1.82, 2.24) is 19.5 Å². The van der Waals surface area contributed by atoms with Crippen LogP contribution in [0.15, 0.2) is 47.6 Å². The molecular formula is C18H26ClN5O2S. The van der Waals surface area contributed by atoms with E-state index < -0.39 is 10.0 Å². The van der Waals surface area contributed by atoms with Crippen molar-refractivity contribution in [2.45, 2.75) is 13.1 Å². The number of aliphatic imine (C=N–C) groups is 1. The molecule has 1 aromatic carbocycles. The van der Waals surface area contributed by atoms with Crippen LogP contribution in [0, 0.1) is 0 Å². The molecule has 2 rings (SSSR count). The third-order valence-corrected chi connectivity index (χ3v) is 5.57. The predicted molar refractivity (Wildman–Crippen MR) is 110 cm³/mol. The number of guanidine groups is 1. The van der Waals surface area contributed by atoms with E-state index in [1.54, 1.807) is 7.05 Å². The van der Waals surface area contributed by atoms with E-state index in [0.717, 1.165) is 11.3 Å². The Morgan fingerprint density at radius 2 is 2.00 bits per heavy atom. The molecule has 0 radical (unpaired) electrons. The van der Waals surface area contributed by atoms with Gasteiger partial charge in [-0.3, -0.25) is 4.99 Å². The number of hydrogen-bond donors (Lipinski definition) is 2. The Kier molecular flexibility index (Phi) is 7.70. The molecule has 0 aliphatic heterocycles. The van der Waals surface area contributed by atoms with Crippen molar-refractivity contribution in [3.63, 3.8) is 0 Å². The highest BCUT2D eigenvalue weighted by molar-refractivity contribution is 7.89. The monoisotopic (exact) mass is 411 g/mol. The number of sulfonamides is 1. The first-order chi connectivity index (χ1) is 12.8. The highest BCUT2D eigenvalue weighted by atomic mass is 35.5. The predicted octanol–water partition coefficient (Wildman–Crippen LogP) is 1.81. The van der Waals surface area contributed by atoms with Gasteiger partial charge in [-0.25, -0.2) is 13.1 Å². The molecule has 0 amide bonds. The van der Waals surface area contributed by atoms with E-state index in [4.69, 9.17) is 11.6 Å². The average molecular weight is 412 g/mol. The Labute approximate surface area is 166 Å². The lowest BCUT2D eigenvalue weighted by Crippen LogP contribution is -2.42. The molecular weight excluding hydrogens is 386 g/mol. The molecule has 9 heteroatoms. The molecule has 0 unspecified atom stereocenters. The first-order valence-electron chi connectivity index (χ1n) is 8.54. The minimum absolute atomic E-state index is 0.0390. The van der Waals surface area contributed by atoms with Gasteiger partial charge in [-0.05, 0) is 11.6 Å². The normalized spacial score (nSPS) is 12.2. The second kappa shape index (κ2) is 9.77. The summed E-state index contributed by atoms with van der Waals surface area (Å²) in [6, 6.07) is 11.3. The van der Waals surface area contributed by atoms with Crippen LogP contribution in [0.3, 0.4) is 0 Å². The number of aromatic nitrogens is 1. The van der Waals surface area contributed by atoms with E-state index in [1.165, 1.54) is 0 Å². The van der Waals surface area contributed by atoms with Crippen molar-refractivity contribution < 1.29 is 8.42 Å². The molecule has 0 aliphatic carbocycles. The Hall–Kier alpha value is -2.03. The molecule has 27 heavy (non-hydrogen) atoms. The van der Waals surface area contributed by atoms with Crippen molar-refractivity contribution in [1.29, 1.82) is 0 Å². The van der Waals surface area contributed by atoms with Gasteiger partial charge in [0.15, 0.2) is 5.96 Å². The van der Waals surface area contributed by atoms with Gasteiger partial charge in [0.1, 0.15) is 0 Å². The molecule has 2 N–H and O–H groups in total. The summed E-state index contributed by atoms with van der Waals surface area (Å²) in [7, 11) is 2.10. The zero-order valence-electron chi connectivity index (χ0n) is 15.8. The minimum atomic E-state index is -3.38. The third kappa shape index (κ3) is 6.89. The molecule has 0 bridgehead atoms. The second-order valence-corrected chi connectivity index (χ2v) is 8.58. The van der Waals surface area contributed by atoms with Crippen LogP contribution >= 0.6 is 11.6 Å². The maximum Gasteiger partial charge on any atom is 0.213 e. The van der Waals surface area contributed by atoms with Crippen molar-refractivity contribution in [3.05, 3.63) is 58.9 Å². The fourth-order valence-electron chi connectivity index (χ4n) is 2.58. The zero-order chi connectivity index (χ0) is 19.9. The van der Waals surface area contributed by atoms with E-state index >= 15 is 0 Å². The molecule has 148 valence electrons. The second-order valence-electron chi connectivity index (χ2n) is 6.22. The average Bonchev–Trinajstić information content (AvgIpc) is 2.95. The summed E-state index contributed by atoms with van der Waals surface area (Å²) < 4.78 is 28.9. The van der Waals surface area contributed by atoms with Crippen LogP contribution in [-0.2, 0) is 30.2 Å². The third-order valence-electron chi connectivity index (χ3n) is 4.04. The number of nitrogens with one attached hydrogen (secondary N) is 2. The molecule has 0 aliphatic rings. The molecule has 0 fully saturated rings. The van der Waals surface area contributed by atoms with Crippen molar-refractivity contribution in [3.8, 4) is 0 Å². The molecule has 1 aromatic heterocycles. The minimum Gasteiger partial charge on any atom is -0.355 e. The van der Waals surface area contributed by atoms with Crippen molar-refractivity contribution in [2.75, 3.05) is 26.4 Å². The quantitative estimate of drug-likeness (QED) is 0.513. The molecule has 0 atom stereocenters. The van der Waals surface area contributed by atoms with Gasteiger partial charge in [-0.15, -0.1) is 0 Å². The van der Waals surface area contributed by atoms with Crippen LogP contribution in [0.1, 0.15) is 11.3 Å². The molecule has 0 spiro atoms. The van der Waals surface area contributed by atoms with Crippen LogP contribution < -0.4 is 10.0 Å². The molecule has 0 saturated carbocycles. The fourth-order valence-corrected chi connectivity index (χ4v) is 3.76. The highest BCUT2D eigenvalue weighted by Crippen LogP contribution is 2.14. The number of aryl methyl sites for hydroxylation is 1. The summed E-state index contributed by atoms with van der Waals surface area (Å²) in [6.07, 6.45) is 1.84. The summed E-state index contributed by atoms with van der Waals surface area (Å²) in [4.78, 5) is 6.12. The standard InChI is InChI=1S/C18H26ClN5O2S/c1-20-18(24(3)14-17-11-16(19)13-23(17)2)21-9-10-27(25,26)22-12-15-7-5-4-6-8-15/h4-8,11,13,22H,9-10,12,14H2,1-3H3,(H,20,21). The van der Waals surface area contributed by atoms with Crippen LogP contribution in [0.2, 0.25) is 5.02 Å². The van der Waals surface area contributed by atoms with E-state index in [-0.39, 0.29) is 18.8 Å². The Morgan fingerprint density at radius 1 is 1.30 bits per heavy atom. The Bertz CT molecular complexity index is 865. The number of benzene rings is 1. The van der Waals surface area contributed by atoms with E-state index in [9.17, 15) is 8.42 Å². The molecule has 2 aromatic rings. The fraction of sp³-hybridized carbons (Fsp3) is 0.389. The van der Waals surface area contributed by atoms with Gasteiger partial charge in [0.2, 0.25) is 10.0 Å². The maximum absolute atomic E-state index is 12.2. The lowest BCUT2D eigenvalue weighted by atomic mass is 10.2. The van der Waals surface area contributed by atoms with Gasteiger partial charge < -0.3 is 14.8 Å². The van der Waals surface area contributed by atoms with Crippen LogP contribution in [0.5, 0.6) is 0 Å². The van der Waals surface area contributed by atoms with Crippen LogP contribution in [-0.4, -0.2) is 50.2 Å². The lowest BCUT2D eigenvalue weighted by molar-refractivity contribution is 0.463.